The second-order valence-corrected chi connectivity index (χ2v) is 3.43. The average Bonchev–Trinajstić information content (AvgIpc) is 2.49. The van der Waals surface area contributed by atoms with Crippen molar-refractivity contribution in [1.82, 2.24) is 9.78 Å². The van der Waals surface area contributed by atoms with Crippen LogP contribution < -0.4 is 10.3 Å². The van der Waals surface area contributed by atoms with Crippen LogP contribution in [0.2, 0.25) is 5.82 Å². The van der Waals surface area contributed by atoms with Crippen LogP contribution in [-0.4, -0.2) is 29.6 Å². The van der Waals surface area contributed by atoms with E-state index in [0.717, 1.165) is 5.72 Å². The normalized spacial score (nSPS) is 12.5. The number of esters is 1. The van der Waals surface area contributed by atoms with Crippen molar-refractivity contribution in [3.8, 4) is 0 Å². The SMILES string of the molecule is CCOC(=O)[C@@H](C)[B-]c1n(C)nc[n+]1C. The molecule has 0 aliphatic heterocycles. The fourth-order valence-electron chi connectivity index (χ4n) is 1.29. The number of ether oxygens (including phenoxy) is 1. The molecule has 1 atom stereocenters. The van der Waals surface area contributed by atoms with Crippen molar-refractivity contribution in [2.45, 2.75) is 19.7 Å². The first-order valence-electron chi connectivity index (χ1n) is 4.95. The van der Waals surface area contributed by atoms with Gasteiger partial charge in [-0.2, -0.15) is 12.0 Å². The number of hydrogen-bond acceptors (Lipinski definition) is 3. The molecular weight excluding hydrogens is 193 g/mol. The highest BCUT2D eigenvalue weighted by Gasteiger charge is 2.09. The Hall–Kier alpha value is -1.33. The Bertz CT molecular complexity index is 332. The highest BCUT2D eigenvalue weighted by atomic mass is 16.5. The van der Waals surface area contributed by atoms with E-state index in [1.165, 1.54) is 0 Å². The molecule has 2 radical (unpaired) electrons. The summed E-state index contributed by atoms with van der Waals surface area (Å²) in [5, 5.41) is 4.07. The van der Waals surface area contributed by atoms with Crippen molar-refractivity contribution in [1.29, 1.82) is 0 Å². The van der Waals surface area contributed by atoms with Gasteiger partial charge >= 0.3 is 0 Å². The highest BCUT2D eigenvalue weighted by molar-refractivity contribution is 6.56. The molecule has 82 valence electrons. The maximum absolute atomic E-state index is 11.4. The zero-order chi connectivity index (χ0) is 11.4. The Kier molecular flexibility index (Phi) is 3.88. The van der Waals surface area contributed by atoms with E-state index in [-0.39, 0.29) is 11.8 Å². The molecule has 0 amide bonds. The van der Waals surface area contributed by atoms with E-state index in [4.69, 9.17) is 4.74 Å². The van der Waals surface area contributed by atoms with Crippen LogP contribution in [0.3, 0.4) is 0 Å². The molecular formula is C9H16BN3O2. The second kappa shape index (κ2) is 4.95. The van der Waals surface area contributed by atoms with E-state index in [1.54, 1.807) is 17.9 Å². The summed E-state index contributed by atoms with van der Waals surface area (Å²) in [6.07, 6.45) is 1.70. The minimum Gasteiger partial charge on any atom is -0.468 e. The summed E-state index contributed by atoms with van der Waals surface area (Å²) in [6.45, 7) is 4.02. The molecule has 1 aromatic rings. The highest BCUT2D eigenvalue weighted by Crippen LogP contribution is 2.02. The first-order valence-corrected chi connectivity index (χ1v) is 4.95. The number of aryl methyl sites for hydroxylation is 2. The van der Waals surface area contributed by atoms with Gasteiger partial charge in [0.25, 0.3) is 12.3 Å². The van der Waals surface area contributed by atoms with E-state index < -0.39 is 0 Å². The van der Waals surface area contributed by atoms with Gasteiger partial charge in [-0.15, -0.1) is 5.82 Å². The lowest BCUT2D eigenvalue weighted by Crippen LogP contribution is -2.51. The van der Waals surface area contributed by atoms with E-state index in [1.807, 2.05) is 32.9 Å². The van der Waals surface area contributed by atoms with Gasteiger partial charge in [0.2, 0.25) is 0 Å². The minimum absolute atomic E-state index is 0.210. The van der Waals surface area contributed by atoms with Crippen LogP contribution in [0, 0.1) is 0 Å². The van der Waals surface area contributed by atoms with Crippen LogP contribution in [0.4, 0.5) is 0 Å². The third-order valence-corrected chi connectivity index (χ3v) is 2.15. The molecule has 0 saturated heterocycles. The van der Waals surface area contributed by atoms with Gasteiger partial charge in [0.05, 0.1) is 20.7 Å². The third kappa shape index (κ3) is 2.81. The summed E-state index contributed by atoms with van der Waals surface area (Å²) >= 11 is 0. The summed E-state index contributed by atoms with van der Waals surface area (Å²) in [6, 6.07) is 0. The molecule has 0 bridgehead atoms. The maximum Gasteiger partial charge on any atom is 0.267 e. The summed E-state index contributed by atoms with van der Waals surface area (Å²) < 4.78 is 8.50. The molecule has 0 spiro atoms. The van der Waals surface area contributed by atoms with Gasteiger partial charge in [0.1, 0.15) is 0 Å². The van der Waals surface area contributed by atoms with Gasteiger partial charge in [-0.3, -0.25) is 9.36 Å². The van der Waals surface area contributed by atoms with Crippen molar-refractivity contribution >= 4 is 19.0 Å². The van der Waals surface area contributed by atoms with Gasteiger partial charge in [0.15, 0.2) is 0 Å². The molecule has 0 fully saturated rings. The first-order chi connectivity index (χ1) is 7.06. The molecule has 0 aromatic carbocycles. The van der Waals surface area contributed by atoms with E-state index in [0.29, 0.717) is 6.61 Å². The maximum atomic E-state index is 11.4. The molecule has 5 nitrogen and oxygen atoms in total. The van der Waals surface area contributed by atoms with E-state index in [9.17, 15) is 4.79 Å². The van der Waals surface area contributed by atoms with Crippen LogP contribution >= 0.6 is 0 Å². The molecule has 1 rings (SSSR count). The lowest BCUT2D eigenvalue weighted by Gasteiger charge is -2.20. The smallest absolute Gasteiger partial charge is 0.267 e. The van der Waals surface area contributed by atoms with Gasteiger partial charge in [-0.1, -0.05) is 6.92 Å². The monoisotopic (exact) mass is 209 g/mol. The molecule has 6 heteroatoms. The number of nitrogens with zero attached hydrogens (tertiary/aromatic N) is 3. The summed E-state index contributed by atoms with van der Waals surface area (Å²) in [5.74, 6) is -0.467. The van der Waals surface area contributed by atoms with Crippen molar-refractivity contribution < 1.29 is 14.1 Å². The zero-order valence-electron chi connectivity index (χ0n) is 9.60. The van der Waals surface area contributed by atoms with Crippen molar-refractivity contribution in [2.75, 3.05) is 6.61 Å². The van der Waals surface area contributed by atoms with E-state index >= 15 is 0 Å². The van der Waals surface area contributed by atoms with E-state index in [2.05, 4.69) is 5.10 Å². The topological polar surface area (TPSA) is 48.0 Å². The fraction of sp³-hybridized carbons (Fsp3) is 0.667. The largest absolute Gasteiger partial charge is 0.468 e. The Labute approximate surface area is 90.3 Å². The predicted octanol–water partition coefficient (Wildman–Crippen LogP) is -1.05. The quantitative estimate of drug-likeness (QED) is 0.361. The van der Waals surface area contributed by atoms with Gasteiger partial charge in [-0.25, -0.2) is 0 Å². The van der Waals surface area contributed by atoms with Gasteiger partial charge < -0.3 is 4.74 Å². The molecule has 0 unspecified atom stereocenters. The average molecular weight is 209 g/mol. The molecule has 0 saturated carbocycles. The Balaban J connectivity index is 2.66. The molecule has 0 N–H and O–H groups in total. The van der Waals surface area contributed by atoms with Crippen LogP contribution in [0.1, 0.15) is 13.8 Å². The predicted molar refractivity (Wildman–Crippen MR) is 55.8 cm³/mol. The van der Waals surface area contributed by atoms with Crippen molar-refractivity contribution in [3.63, 3.8) is 0 Å². The zero-order valence-corrected chi connectivity index (χ0v) is 9.60. The number of carbonyl (C=O) groups excluding carboxylic acids is 1. The summed E-state index contributed by atoms with van der Waals surface area (Å²) in [5.41, 5.74) is 0.885. The fourth-order valence-corrected chi connectivity index (χ4v) is 1.29. The summed E-state index contributed by atoms with van der Waals surface area (Å²) in [7, 11) is 5.56. The number of carbonyl (C=O) groups is 1. The van der Waals surface area contributed by atoms with Crippen molar-refractivity contribution in [3.05, 3.63) is 6.33 Å². The van der Waals surface area contributed by atoms with Gasteiger partial charge in [0, 0.05) is 5.10 Å². The van der Waals surface area contributed by atoms with Crippen LogP contribution in [0.25, 0.3) is 0 Å². The lowest BCUT2D eigenvalue weighted by atomic mass is 9.64. The Morgan fingerprint density at radius 2 is 2.47 bits per heavy atom. The lowest BCUT2D eigenvalue weighted by molar-refractivity contribution is -0.654. The van der Waals surface area contributed by atoms with Crippen LogP contribution in [0.15, 0.2) is 6.33 Å². The van der Waals surface area contributed by atoms with Crippen LogP contribution in [-0.2, 0) is 23.6 Å². The molecule has 1 aromatic heterocycles. The second-order valence-electron chi connectivity index (χ2n) is 3.43. The minimum atomic E-state index is -0.258. The third-order valence-electron chi connectivity index (χ3n) is 2.15. The number of rotatable bonds is 4. The van der Waals surface area contributed by atoms with Crippen LogP contribution in [0.5, 0.6) is 0 Å². The first kappa shape index (κ1) is 11.7. The molecule has 1 heterocycles. The Morgan fingerprint density at radius 1 is 1.80 bits per heavy atom. The standard InChI is InChI=1S/C9H16BN3O2/c1-5-15-8(14)7(2)10-9-12(3)6-11-13(9)4/h6-7H,5H2,1-4H3/t7-/m1/s1. The summed E-state index contributed by atoms with van der Waals surface area (Å²) in [4.78, 5) is 11.4. The molecule has 0 aliphatic rings. The molecule has 15 heavy (non-hydrogen) atoms. The number of hydrogen-bond donors (Lipinski definition) is 0. The van der Waals surface area contributed by atoms with Crippen molar-refractivity contribution in [2.24, 2.45) is 14.1 Å². The molecule has 0 aliphatic carbocycles. The van der Waals surface area contributed by atoms with Gasteiger partial charge in [-0.05, 0) is 12.6 Å². The number of aromatic nitrogens is 3. The Morgan fingerprint density at radius 3 is 2.93 bits per heavy atom.